The molecule has 1 rings (SSSR count). The Kier molecular flexibility index (Phi) is 2.21. The molecule has 72 valence electrons. The van der Waals surface area contributed by atoms with Crippen LogP contribution in [0.5, 0.6) is 0 Å². The molecule has 0 bridgehead atoms. The van der Waals surface area contributed by atoms with Crippen LogP contribution >= 0.6 is 11.6 Å². The van der Waals surface area contributed by atoms with E-state index in [1.807, 2.05) is 0 Å². The van der Waals surface area contributed by atoms with Crippen LogP contribution in [0.2, 0.25) is 5.15 Å². The summed E-state index contributed by atoms with van der Waals surface area (Å²) in [5, 5.41) is 10.2. The predicted molar refractivity (Wildman–Crippen MR) is 33.5 cm³/mol. The number of hydrogen-bond donors (Lipinski definition) is 1. The summed E-state index contributed by atoms with van der Waals surface area (Å²) < 4.78 is 39.6. The zero-order chi connectivity index (χ0) is 10.2. The van der Waals surface area contributed by atoms with E-state index in [0.717, 1.165) is 0 Å². The molecule has 0 fully saturated rings. The largest absolute Gasteiger partial charge is 0.477 e. The number of aromatic nitrogens is 1. The quantitative estimate of drug-likeness (QED) is 0.779. The highest BCUT2D eigenvalue weighted by Gasteiger charge is 2.42. The van der Waals surface area contributed by atoms with Crippen LogP contribution in [0.1, 0.15) is 16.1 Å². The Hall–Kier alpha value is -1.24. The first-order valence-corrected chi connectivity index (χ1v) is 3.17. The summed E-state index contributed by atoms with van der Waals surface area (Å²) >= 11 is 5.06. The van der Waals surface area contributed by atoms with E-state index < -0.39 is 28.6 Å². The normalized spacial score (nSPS) is 11.7. The first-order chi connectivity index (χ1) is 5.84. The van der Waals surface area contributed by atoms with Crippen molar-refractivity contribution in [3.8, 4) is 0 Å². The summed E-state index contributed by atoms with van der Waals surface area (Å²) in [4.78, 5) is 10.3. The number of hydrogen-bond acceptors (Lipinski definition) is 3. The molecular formula is C5HClF3NO3. The van der Waals surface area contributed by atoms with Gasteiger partial charge in [0.05, 0.1) is 0 Å². The number of aromatic carboxylic acids is 1. The molecule has 0 spiro atoms. The zero-order valence-electron chi connectivity index (χ0n) is 5.72. The molecule has 1 heterocycles. The summed E-state index contributed by atoms with van der Waals surface area (Å²) in [7, 11) is 0. The lowest BCUT2D eigenvalue weighted by molar-refractivity contribution is -0.156. The van der Waals surface area contributed by atoms with Crippen LogP contribution < -0.4 is 0 Å². The van der Waals surface area contributed by atoms with Crippen molar-refractivity contribution in [1.29, 1.82) is 0 Å². The molecule has 1 aromatic rings. The lowest BCUT2D eigenvalue weighted by Crippen LogP contribution is -2.10. The van der Waals surface area contributed by atoms with Gasteiger partial charge >= 0.3 is 12.1 Å². The molecule has 0 amide bonds. The van der Waals surface area contributed by atoms with Gasteiger partial charge in [0.15, 0.2) is 10.7 Å². The summed E-state index contributed by atoms with van der Waals surface area (Å²) in [6.45, 7) is 0. The second-order valence-electron chi connectivity index (χ2n) is 1.98. The van der Waals surface area contributed by atoms with Gasteiger partial charge in [-0.2, -0.15) is 13.2 Å². The fourth-order valence-electron chi connectivity index (χ4n) is 0.650. The van der Waals surface area contributed by atoms with Crippen LogP contribution in [0.15, 0.2) is 4.52 Å². The van der Waals surface area contributed by atoms with Crippen LogP contribution in [0.25, 0.3) is 0 Å². The van der Waals surface area contributed by atoms with Gasteiger partial charge in [0.25, 0.3) is 5.76 Å². The SMILES string of the molecule is O=C(O)c1c(Cl)noc1C(F)(F)F. The number of carbonyl (C=O) groups is 1. The van der Waals surface area contributed by atoms with Crippen molar-refractivity contribution in [2.24, 2.45) is 0 Å². The number of halogens is 4. The summed E-state index contributed by atoms with van der Waals surface area (Å²) in [5.41, 5.74) is -1.17. The predicted octanol–water partition coefficient (Wildman–Crippen LogP) is 2.04. The minimum atomic E-state index is -4.91. The van der Waals surface area contributed by atoms with Gasteiger partial charge in [-0.05, 0) is 0 Å². The van der Waals surface area contributed by atoms with Crippen molar-refractivity contribution in [1.82, 2.24) is 5.16 Å². The van der Waals surface area contributed by atoms with Gasteiger partial charge in [-0.1, -0.05) is 16.8 Å². The van der Waals surface area contributed by atoms with E-state index in [-0.39, 0.29) is 0 Å². The van der Waals surface area contributed by atoms with E-state index in [9.17, 15) is 18.0 Å². The number of carboxylic acids is 1. The Balaban J connectivity index is 3.31. The minimum absolute atomic E-state index is 0.820. The number of carboxylic acid groups (broad SMARTS) is 1. The summed E-state index contributed by atoms with van der Waals surface area (Å²) in [6, 6.07) is 0. The lowest BCUT2D eigenvalue weighted by Gasteiger charge is -2.00. The van der Waals surface area contributed by atoms with Gasteiger partial charge in [-0.15, -0.1) is 0 Å². The second-order valence-corrected chi connectivity index (χ2v) is 2.34. The van der Waals surface area contributed by atoms with Crippen molar-refractivity contribution < 1.29 is 27.6 Å². The van der Waals surface area contributed by atoms with Crippen molar-refractivity contribution in [3.05, 3.63) is 16.5 Å². The lowest BCUT2D eigenvalue weighted by atomic mass is 10.2. The Bertz CT molecular complexity index is 345. The molecule has 0 saturated heterocycles. The first kappa shape index (κ1) is 9.85. The molecule has 1 N–H and O–H groups in total. The molecule has 0 radical (unpaired) electrons. The molecule has 0 aromatic carbocycles. The fraction of sp³-hybridized carbons (Fsp3) is 0.200. The van der Waals surface area contributed by atoms with Crippen LogP contribution in [0.4, 0.5) is 13.2 Å². The standard InChI is InChI=1S/C5HClF3NO3/c6-3-1(4(11)12)2(13-10-3)5(7,8)9/h(H,11,12). The Morgan fingerprint density at radius 2 is 2.08 bits per heavy atom. The van der Waals surface area contributed by atoms with Gasteiger partial charge in [-0.25, -0.2) is 4.79 Å². The smallest absolute Gasteiger partial charge is 0.453 e. The highest BCUT2D eigenvalue weighted by atomic mass is 35.5. The maximum absolute atomic E-state index is 12.0. The first-order valence-electron chi connectivity index (χ1n) is 2.79. The molecule has 0 aliphatic heterocycles. The van der Waals surface area contributed by atoms with E-state index in [1.165, 1.54) is 0 Å². The van der Waals surface area contributed by atoms with Gasteiger partial charge < -0.3 is 9.63 Å². The molecule has 0 saturated carbocycles. The van der Waals surface area contributed by atoms with E-state index in [4.69, 9.17) is 16.7 Å². The third-order valence-corrected chi connectivity index (χ3v) is 1.38. The monoisotopic (exact) mass is 215 g/mol. The minimum Gasteiger partial charge on any atom is -0.477 e. The average Bonchev–Trinajstić information content (AvgIpc) is 2.28. The van der Waals surface area contributed by atoms with Crippen LogP contribution in [-0.2, 0) is 6.18 Å². The number of alkyl halides is 3. The number of nitrogens with zero attached hydrogens (tertiary/aromatic N) is 1. The van der Waals surface area contributed by atoms with E-state index in [0.29, 0.717) is 0 Å². The van der Waals surface area contributed by atoms with Gasteiger partial charge in [0, 0.05) is 0 Å². The Morgan fingerprint density at radius 3 is 2.38 bits per heavy atom. The van der Waals surface area contributed by atoms with Crippen molar-refractivity contribution >= 4 is 17.6 Å². The average molecular weight is 216 g/mol. The van der Waals surface area contributed by atoms with E-state index in [1.54, 1.807) is 0 Å². The van der Waals surface area contributed by atoms with E-state index in [2.05, 4.69) is 9.68 Å². The topological polar surface area (TPSA) is 63.3 Å². The maximum atomic E-state index is 12.0. The number of rotatable bonds is 1. The van der Waals surface area contributed by atoms with Crippen molar-refractivity contribution in [2.45, 2.75) is 6.18 Å². The Labute approximate surface area is 73.9 Å². The molecule has 0 atom stereocenters. The maximum Gasteiger partial charge on any atom is 0.453 e. The molecule has 13 heavy (non-hydrogen) atoms. The van der Waals surface area contributed by atoms with Crippen molar-refractivity contribution in [3.63, 3.8) is 0 Å². The van der Waals surface area contributed by atoms with Gasteiger partial charge in [0.2, 0.25) is 0 Å². The van der Waals surface area contributed by atoms with Gasteiger partial charge in [0.1, 0.15) is 0 Å². The van der Waals surface area contributed by atoms with E-state index >= 15 is 0 Å². The van der Waals surface area contributed by atoms with Gasteiger partial charge in [-0.3, -0.25) is 0 Å². The van der Waals surface area contributed by atoms with Crippen LogP contribution in [-0.4, -0.2) is 16.2 Å². The highest BCUT2D eigenvalue weighted by molar-refractivity contribution is 6.32. The summed E-state index contributed by atoms with van der Waals surface area (Å²) in [6.07, 6.45) is -4.91. The summed E-state index contributed by atoms with van der Waals surface area (Å²) in [5.74, 6) is -3.54. The fourth-order valence-corrected chi connectivity index (χ4v) is 0.851. The molecular weight excluding hydrogens is 215 g/mol. The molecule has 8 heteroatoms. The molecule has 1 aromatic heterocycles. The highest BCUT2D eigenvalue weighted by Crippen LogP contribution is 2.34. The molecule has 0 aliphatic carbocycles. The van der Waals surface area contributed by atoms with Crippen LogP contribution in [0.3, 0.4) is 0 Å². The molecule has 0 aliphatic rings. The Morgan fingerprint density at radius 1 is 1.54 bits per heavy atom. The molecule has 4 nitrogen and oxygen atoms in total. The zero-order valence-corrected chi connectivity index (χ0v) is 6.48. The van der Waals surface area contributed by atoms with Crippen molar-refractivity contribution in [2.75, 3.05) is 0 Å². The second kappa shape index (κ2) is 2.91. The van der Waals surface area contributed by atoms with Crippen LogP contribution in [0, 0.1) is 0 Å². The third kappa shape index (κ3) is 1.74. The third-order valence-electron chi connectivity index (χ3n) is 1.12. The molecule has 0 unspecified atom stereocenters.